The molecule has 1 saturated heterocycles. The van der Waals surface area contributed by atoms with Gasteiger partial charge in [-0.15, -0.1) is 0 Å². The van der Waals surface area contributed by atoms with Crippen LogP contribution in [0.15, 0.2) is 48.7 Å². The lowest BCUT2D eigenvalue weighted by Gasteiger charge is -2.32. The fraction of sp³-hybridized carbons (Fsp3) is 0.500. The van der Waals surface area contributed by atoms with Gasteiger partial charge in [-0.1, -0.05) is 24.3 Å². The van der Waals surface area contributed by atoms with Gasteiger partial charge in [-0.2, -0.15) is 0 Å². The maximum atomic E-state index is 6.16. The molecule has 1 aliphatic rings. The minimum atomic E-state index is 0.254. The van der Waals surface area contributed by atoms with E-state index in [1.807, 2.05) is 18.3 Å². The standard InChI is InChI=1S/C22H32N4O/c1-19(21-9-6-7-11-23-21)25(3)18-20-8-4-5-10-22(20)27-17-16-26-14-12-24(2)13-15-26/h4-11,19H,12-18H2,1-3H3. The highest BCUT2D eigenvalue weighted by molar-refractivity contribution is 5.33. The molecule has 0 bridgehead atoms. The molecule has 0 aliphatic carbocycles. The van der Waals surface area contributed by atoms with Crippen LogP contribution in [0.25, 0.3) is 0 Å². The monoisotopic (exact) mass is 368 g/mol. The molecule has 5 nitrogen and oxygen atoms in total. The van der Waals surface area contributed by atoms with Gasteiger partial charge < -0.3 is 9.64 Å². The Bertz CT molecular complexity index is 686. The largest absolute Gasteiger partial charge is 0.492 e. The lowest BCUT2D eigenvalue weighted by molar-refractivity contribution is 0.133. The van der Waals surface area contributed by atoms with Crippen molar-refractivity contribution < 1.29 is 4.74 Å². The van der Waals surface area contributed by atoms with E-state index in [2.05, 4.69) is 71.0 Å². The van der Waals surface area contributed by atoms with E-state index in [1.165, 1.54) is 5.56 Å². The fourth-order valence-corrected chi connectivity index (χ4v) is 3.39. The number of piperazine rings is 1. The minimum Gasteiger partial charge on any atom is -0.492 e. The van der Waals surface area contributed by atoms with Crippen molar-refractivity contribution in [3.63, 3.8) is 0 Å². The van der Waals surface area contributed by atoms with Crippen LogP contribution in [0, 0.1) is 0 Å². The van der Waals surface area contributed by atoms with Crippen molar-refractivity contribution in [1.29, 1.82) is 0 Å². The number of hydrogen-bond acceptors (Lipinski definition) is 5. The predicted octanol–water partition coefficient (Wildman–Crippen LogP) is 2.90. The first-order valence-electron chi connectivity index (χ1n) is 9.86. The van der Waals surface area contributed by atoms with Crippen molar-refractivity contribution in [3.8, 4) is 5.75 Å². The van der Waals surface area contributed by atoms with Gasteiger partial charge in [0.2, 0.25) is 0 Å². The second-order valence-electron chi connectivity index (χ2n) is 7.45. The molecule has 146 valence electrons. The molecule has 5 heteroatoms. The molecule has 2 heterocycles. The number of aromatic nitrogens is 1. The van der Waals surface area contributed by atoms with E-state index in [4.69, 9.17) is 4.74 Å². The third kappa shape index (κ3) is 5.76. The van der Waals surface area contributed by atoms with E-state index in [1.54, 1.807) is 0 Å². The summed E-state index contributed by atoms with van der Waals surface area (Å²) in [4.78, 5) is 11.7. The molecular formula is C22H32N4O. The summed E-state index contributed by atoms with van der Waals surface area (Å²) in [5, 5.41) is 0. The molecule has 3 rings (SSSR count). The molecule has 0 radical (unpaired) electrons. The zero-order chi connectivity index (χ0) is 19.1. The van der Waals surface area contributed by atoms with Crippen LogP contribution in [0.4, 0.5) is 0 Å². The van der Waals surface area contributed by atoms with E-state index in [9.17, 15) is 0 Å². The third-order valence-electron chi connectivity index (χ3n) is 5.43. The Morgan fingerprint density at radius 3 is 2.56 bits per heavy atom. The van der Waals surface area contributed by atoms with E-state index >= 15 is 0 Å². The van der Waals surface area contributed by atoms with Gasteiger partial charge in [0.25, 0.3) is 0 Å². The van der Waals surface area contributed by atoms with E-state index < -0.39 is 0 Å². The first kappa shape index (κ1) is 19.8. The van der Waals surface area contributed by atoms with Crippen LogP contribution in [0.5, 0.6) is 5.75 Å². The Labute approximate surface area is 163 Å². The zero-order valence-electron chi connectivity index (χ0n) is 16.8. The Balaban J connectivity index is 1.54. The number of benzene rings is 1. The molecule has 0 spiro atoms. The molecule has 0 amide bonds. The molecular weight excluding hydrogens is 336 g/mol. The van der Waals surface area contributed by atoms with E-state index in [-0.39, 0.29) is 6.04 Å². The zero-order valence-corrected chi connectivity index (χ0v) is 16.8. The van der Waals surface area contributed by atoms with Crippen molar-refractivity contribution in [2.75, 3.05) is 53.4 Å². The van der Waals surface area contributed by atoms with Gasteiger partial charge in [-0.05, 0) is 39.2 Å². The number of likely N-dealkylation sites (N-methyl/N-ethyl adjacent to an activating group) is 1. The highest BCUT2D eigenvalue weighted by atomic mass is 16.5. The van der Waals surface area contributed by atoms with Gasteiger partial charge in [0, 0.05) is 57.1 Å². The van der Waals surface area contributed by atoms with Crippen LogP contribution in [-0.4, -0.2) is 73.1 Å². The first-order valence-corrected chi connectivity index (χ1v) is 9.86. The van der Waals surface area contributed by atoms with Crippen LogP contribution < -0.4 is 4.74 Å². The number of nitrogens with zero attached hydrogens (tertiary/aromatic N) is 4. The fourth-order valence-electron chi connectivity index (χ4n) is 3.39. The normalized spacial score (nSPS) is 17.2. The second kappa shape index (κ2) is 9.83. The summed E-state index contributed by atoms with van der Waals surface area (Å²) in [5.41, 5.74) is 2.31. The number of ether oxygens (including phenoxy) is 1. The SMILES string of the molecule is CC(c1ccccn1)N(C)Cc1ccccc1OCCN1CCN(C)CC1. The van der Waals surface area contributed by atoms with Gasteiger partial charge in [0.05, 0.1) is 5.69 Å². The van der Waals surface area contributed by atoms with Crippen LogP contribution in [0.1, 0.15) is 24.2 Å². The van der Waals surface area contributed by atoms with Crippen molar-refractivity contribution in [2.45, 2.75) is 19.5 Å². The Hall–Kier alpha value is -1.95. The smallest absolute Gasteiger partial charge is 0.123 e. The number of rotatable bonds is 8. The third-order valence-corrected chi connectivity index (χ3v) is 5.43. The van der Waals surface area contributed by atoms with Crippen molar-refractivity contribution in [3.05, 3.63) is 59.9 Å². The molecule has 1 aliphatic heterocycles. The molecule has 2 aromatic rings. The highest BCUT2D eigenvalue weighted by Crippen LogP contribution is 2.24. The van der Waals surface area contributed by atoms with Gasteiger partial charge in [0.1, 0.15) is 12.4 Å². The molecule has 1 aromatic carbocycles. The highest BCUT2D eigenvalue weighted by Gasteiger charge is 2.16. The number of hydrogen-bond donors (Lipinski definition) is 0. The summed E-state index contributed by atoms with van der Waals surface area (Å²) in [5.74, 6) is 0.992. The average molecular weight is 369 g/mol. The van der Waals surface area contributed by atoms with Crippen molar-refractivity contribution >= 4 is 0 Å². The Morgan fingerprint density at radius 1 is 1.07 bits per heavy atom. The molecule has 27 heavy (non-hydrogen) atoms. The van der Waals surface area contributed by atoms with Gasteiger partial charge in [0.15, 0.2) is 0 Å². The van der Waals surface area contributed by atoms with Crippen molar-refractivity contribution in [1.82, 2.24) is 19.7 Å². The molecule has 1 unspecified atom stereocenters. The maximum Gasteiger partial charge on any atom is 0.123 e. The molecule has 1 atom stereocenters. The lowest BCUT2D eigenvalue weighted by atomic mass is 10.1. The Morgan fingerprint density at radius 2 is 1.81 bits per heavy atom. The molecule has 1 fully saturated rings. The molecule has 0 N–H and O–H groups in total. The average Bonchev–Trinajstić information content (AvgIpc) is 2.71. The van der Waals surface area contributed by atoms with Gasteiger partial charge in [-0.25, -0.2) is 0 Å². The summed E-state index contributed by atoms with van der Waals surface area (Å²) < 4.78 is 6.16. The first-order chi connectivity index (χ1) is 13.1. The van der Waals surface area contributed by atoms with Crippen LogP contribution in [0.2, 0.25) is 0 Å². The minimum absolute atomic E-state index is 0.254. The summed E-state index contributed by atoms with van der Waals surface area (Å²) in [7, 11) is 4.33. The number of pyridine rings is 1. The summed E-state index contributed by atoms with van der Waals surface area (Å²) in [6, 6.07) is 14.7. The lowest BCUT2D eigenvalue weighted by Crippen LogP contribution is -2.45. The van der Waals surface area contributed by atoms with Gasteiger partial charge >= 0.3 is 0 Å². The molecule has 0 saturated carbocycles. The van der Waals surface area contributed by atoms with Crippen LogP contribution in [-0.2, 0) is 6.54 Å². The van der Waals surface area contributed by atoms with E-state index in [0.29, 0.717) is 0 Å². The summed E-state index contributed by atoms with van der Waals surface area (Å²) >= 11 is 0. The van der Waals surface area contributed by atoms with Crippen molar-refractivity contribution in [2.24, 2.45) is 0 Å². The van der Waals surface area contributed by atoms with Gasteiger partial charge in [-0.3, -0.25) is 14.8 Å². The Kier molecular flexibility index (Phi) is 7.21. The second-order valence-corrected chi connectivity index (χ2v) is 7.45. The van der Waals surface area contributed by atoms with Crippen LogP contribution >= 0.6 is 0 Å². The topological polar surface area (TPSA) is 31.8 Å². The van der Waals surface area contributed by atoms with E-state index in [0.717, 1.165) is 57.3 Å². The number of para-hydroxylation sites is 1. The predicted molar refractivity (Wildman–Crippen MR) is 110 cm³/mol. The summed E-state index contributed by atoms with van der Waals surface area (Å²) in [6.45, 7) is 9.31. The maximum absolute atomic E-state index is 6.16. The molecule has 1 aromatic heterocycles. The van der Waals surface area contributed by atoms with Crippen LogP contribution in [0.3, 0.4) is 0 Å². The summed E-state index contributed by atoms with van der Waals surface area (Å²) in [6.07, 6.45) is 1.86. The quantitative estimate of drug-likeness (QED) is 0.715.